The third-order valence-electron chi connectivity index (χ3n) is 4.45. The lowest BCUT2D eigenvalue weighted by Gasteiger charge is -2.45. The van der Waals surface area contributed by atoms with E-state index in [2.05, 4.69) is 30.6 Å². The molecule has 0 aromatic carbocycles. The predicted octanol–water partition coefficient (Wildman–Crippen LogP) is -0.00430. The summed E-state index contributed by atoms with van der Waals surface area (Å²) in [5, 5.41) is 9.56. The van der Waals surface area contributed by atoms with Gasteiger partial charge in [0.05, 0.1) is 12.5 Å². The summed E-state index contributed by atoms with van der Waals surface area (Å²) < 4.78 is 0. The summed E-state index contributed by atoms with van der Waals surface area (Å²) in [5.41, 5.74) is -0.0143. The van der Waals surface area contributed by atoms with Crippen molar-refractivity contribution in [3.05, 3.63) is 0 Å². The topological polar surface area (TPSA) is 47.0 Å². The van der Waals surface area contributed by atoms with Gasteiger partial charge in [-0.3, -0.25) is 9.69 Å². The number of likely N-dealkylation sites (tertiary alicyclic amines) is 1. The number of β-amino-alcohol motifs (C(OH)–C–C–N with tert-alkyl or cyclic N) is 1. The second kappa shape index (κ2) is 5.77. The Hall–Kier alpha value is -0.650. The van der Waals surface area contributed by atoms with Crippen molar-refractivity contribution in [1.82, 2.24) is 14.7 Å². The zero-order valence-electron chi connectivity index (χ0n) is 12.4. The molecule has 2 aliphatic heterocycles. The van der Waals surface area contributed by atoms with Crippen molar-refractivity contribution in [2.45, 2.75) is 38.8 Å². The van der Waals surface area contributed by atoms with Gasteiger partial charge in [0.15, 0.2) is 0 Å². The van der Waals surface area contributed by atoms with Crippen LogP contribution >= 0.6 is 0 Å². The van der Waals surface area contributed by atoms with Crippen LogP contribution in [0.25, 0.3) is 0 Å². The van der Waals surface area contributed by atoms with E-state index < -0.39 is 6.10 Å². The molecule has 0 bridgehead atoms. The van der Waals surface area contributed by atoms with Crippen LogP contribution in [0.2, 0.25) is 0 Å². The van der Waals surface area contributed by atoms with Crippen LogP contribution in [-0.2, 0) is 4.79 Å². The van der Waals surface area contributed by atoms with Crippen molar-refractivity contribution in [2.24, 2.45) is 0 Å². The molecule has 5 heteroatoms. The number of likely N-dealkylation sites (N-methyl/N-ethyl adjacent to an activating group) is 1. The van der Waals surface area contributed by atoms with Gasteiger partial charge in [-0.15, -0.1) is 0 Å². The van der Waals surface area contributed by atoms with Crippen LogP contribution in [0.4, 0.5) is 0 Å². The van der Waals surface area contributed by atoms with Gasteiger partial charge in [-0.2, -0.15) is 0 Å². The van der Waals surface area contributed by atoms with E-state index in [0.29, 0.717) is 13.0 Å². The van der Waals surface area contributed by atoms with E-state index in [4.69, 9.17) is 0 Å². The number of rotatable bonds is 4. The zero-order chi connectivity index (χ0) is 14.0. The number of amides is 1. The maximum atomic E-state index is 11.8. The summed E-state index contributed by atoms with van der Waals surface area (Å²) >= 11 is 0. The van der Waals surface area contributed by atoms with Crippen molar-refractivity contribution >= 4 is 5.91 Å². The molecule has 1 amide bonds. The Labute approximate surface area is 116 Å². The third kappa shape index (κ3) is 3.46. The second-order valence-electron chi connectivity index (χ2n) is 6.37. The molecule has 110 valence electrons. The summed E-state index contributed by atoms with van der Waals surface area (Å²) in [5.74, 6) is 0.0905. The van der Waals surface area contributed by atoms with Gasteiger partial charge in [0.1, 0.15) is 0 Å². The number of hydrogen-bond acceptors (Lipinski definition) is 4. The van der Waals surface area contributed by atoms with Gasteiger partial charge in [-0.1, -0.05) is 6.92 Å². The number of hydrogen-bond donors (Lipinski definition) is 1. The molecule has 2 aliphatic rings. The first-order chi connectivity index (χ1) is 8.92. The molecule has 5 nitrogen and oxygen atoms in total. The Balaban J connectivity index is 1.89. The van der Waals surface area contributed by atoms with Gasteiger partial charge in [-0.25, -0.2) is 0 Å². The van der Waals surface area contributed by atoms with Crippen LogP contribution in [0.1, 0.15) is 27.2 Å². The minimum absolute atomic E-state index is 0.0143. The molecule has 0 aliphatic carbocycles. The summed E-state index contributed by atoms with van der Waals surface area (Å²) in [6, 6.07) is 0. The van der Waals surface area contributed by atoms with Crippen LogP contribution in [0.15, 0.2) is 0 Å². The standard InChI is InChI=1S/C14H27N3O2/c1-4-15-5-7-17(8-6-15)14(2,3)11-16-10-12(18)9-13(16)19/h12,18H,4-11H2,1-3H3. The third-order valence-corrected chi connectivity index (χ3v) is 4.45. The van der Waals surface area contributed by atoms with Crippen LogP contribution in [-0.4, -0.2) is 83.2 Å². The van der Waals surface area contributed by atoms with Gasteiger partial charge in [0.25, 0.3) is 0 Å². The number of carbonyl (C=O) groups is 1. The van der Waals surface area contributed by atoms with Gasteiger partial charge in [0.2, 0.25) is 5.91 Å². The van der Waals surface area contributed by atoms with E-state index in [1.165, 1.54) is 0 Å². The predicted molar refractivity (Wildman–Crippen MR) is 75.0 cm³/mol. The van der Waals surface area contributed by atoms with Crippen molar-refractivity contribution in [2.75, 3.05) is 45.8 Å². The number of aliphatic hydroxyl groups excluding tert-OH is 1. The molecule has 1 atom stereocenters. The lowest BCUT2D eigenvalue weighted by molar-refractivity contribution is -0.129. The molecular weight excluding hydrogens is 242 g/mol. The molecule has 0 saturated carbocycles. The summed E-state index contributed by atoms with van der Waals surface area (Å²) in [6.45, 7) is 13.3. The summed E-state index contributed by atoms with van der Waals surface area (Å²) in [6.07, 6.45) is -0.181. The molecule has 2 fully saturated rings. The van der Waals surface area contributed by atoms with Crippen LogP contribution < -0.4 is 0 Å². The Morgan fingerprint density at radius 1 is 1.26 bits per heavy atom. The maximum absolute atomic E-state index is 11.8. The molecule has 1 N–H and O–H groups in total. The van der Waals surface area contributed by atoms with E-state index >= 15 is 0 Å². The average molecular weight is 269 g/mol. The van der Waals surface area contributed by atoms with Crippen molar-refractivity contribution in [3.63, 3.8) is 0 Å². The van der Waals surface area contributed by atoms with E-state index in [9.17, 15) is 9.90 Å². The smallest absolute Gasteiger partial charge is 0.225 e. The van der Waals surface area contributed by atoms with E-state index in [-0.39, 0.29) is 11.4 Å². The zero-order valence-corrected chi connectivity index (χ0v) is 12.4. The normalized spacial score (nSPS) is 27.3. The fraction of sp³-hybridized carbons (Fsp3) is 0.929. The molecule has 2 rings (SSSR count). The highest BCUT2D eigenvalue weighted by atomic mass is 16.3. The molecule has 2 heterocycles. The van der Waals surface area contributed by atoms with Crippen molar-refractivity contribution in [3.8, 4) is 0 Å². The van der Waals surface area contributed by atoms with E-state index in [0.717, 1.165) is 39.3 Å². The first kappa shape index (κ1) is 14.8. The fourth-order valence-corrected chi connectivity index (χ4v) is 3.14. The van der Waals surface area contributed by atoms with Crippen molar-refractivity contribution in [1.29, 1.82) is 0 Å². The number of piperazine rings is 1. The highest BCUT2D eigenvalue weighted by Gasteiger charge is 2.36. The number of aliphatic hydroxyl groups is 1. The quantitative estimate of drug-likeness (QED) is 0.780. The van der Waals surface area contributed by atoms with Gasteiger partial charge in [0, 0.05) is 44.8 Å². The summed E-state index contributed by atoms with van der Waals surface area (Å²) in [7, 11) is 0. The molecule has 0 spiro atoms. The van der Waals surface area contributed by atoms with Crippen LogP contribution in [0.3, 0.4) is 0 Å². The first-order valence-electron chi connectivity index (χ1n) is 7.35. The lowest BCUT2D eigenvalue weighted by Crippen LogP contribution is -2.58. The molecule has 1 unspecified atom stereocenters. The fourth-order valence-electron chi connectivity index (χ4n) is 3.14. The number of carbonyl (C=O) groups excluding carboxylic acids is 1. The number of nitrogens with zero attached hydrogens (tertiary/aromatic N) is 3. The van der Waals surface area contributed by atoms with Crippen LogP contribution in [0, 0.1) is 0 Å². The Morgan fingerprint density at radius 2 is 1.89 bits per heavy atom. The Morgan fingerprint density at radius 3 is 2.37 bits per heavy atom. The minimum atomic E-state index is -0.472. The van der Waals surface area contributed by atoms with Crippen molar-refractivity contribution < 1.29 is 9.90 Å². The highest BCUT2D eigenvalue weighted by Crippen LogP contribution is 2.21. The maximum Gasteiger partial charge on any atom is 0.225 e. The molecule has 2 saturated heterocycles. The summed E-state index contributed by atoms with van der Waals surface area (Å²) in [4.78, 5) is 18.5. The molecular formula is C14H27N3O2. The molecule has 0 aromatic rings. The SMILES string of the molecule is CCN1CCN(C(C)(C)CN2CC(O)CC2=O)CC1. The minimum Gasteiger partial charge on any atom is -0.391 e. The Bertz CT molecular complexity index is 325. The van der Waals surface area contributed by atoms with E-state index in [1.807, 2.05) is 4.90 Å². The molecule has 19 heavy (non-hydrogen) atoms. The lowest BCUT2D eigenvalue weighted by atomic mass is 10.0. The largest absolute Gasteiger partial charge is 0.391 e. The van der Waals surface area contributed by atoms with Gasteiger partial charge >= 0.3 is 0 Å². The van der Waals surface area contributed by atoms with Gasteiger partial charge < -0.3 is 14.9 Å². The average Bonchev–Trinajstić information content (AvgIpc) is 2.67. The monoisotopic (exact) mass is 269 g/mol. The second-order valence-corrected chi connectivity index (χ2v) is 6.37. The first-order valence-corrected chi connectivity index (χ1v) is 7.35. The van der Waals surface area contributed by atoms with Gasteiger partial charge in [-0.05, 0) is 20.4 Å². The molecule has 0 radical (unpaired) electrons. The Kier molecular flexibility index (Phi) is 4.48. The van der Waals surface area contributed by atoms with E-state index in [1.54, 1.807) is 0 Å². The van der Waals surface area contributed by atoms with Crippen LogP contribution in [0.5, 0.6) is 0 Å². The highest BCUT2D eigenvalue weighted by molar-refractivity contribution is 5.79. The molecule has 0 aromatic heterocycles.